The van der Waals surface area contributed by atoms with Gasteiger partial charge >= 0.3 is 5.97 Å². The van der Waals surface area contributed by atoms with Crippen LogP contribution < -0.4 is 5.73 Å². The van der Waals surface area contributed by atoms with Crippen molar-refractivity contribution in [2.75, 3.05) is 0 Å². The van der Waals surface area contributed by atoms with Crippen LogP contribution in [0.5, 0.6) is 0 Å². The molecule has 0 fully saturated rings. The van der Waals surface area contributed by atoms with Crippen LogP contribution in [0.1, 0.15) is 5.56 Å². The van der Waals surface area contributed by atoms with Gasteiger partial charge in [0.1, 0.15) is 6.61 Å². The van der Waals surface area contributed by atoms with Gasteiger partial charge in [0.2, 0.25) is 0 Å². The van der Waals surface area contributed by atoms with Crippen molar-refractivity contribution in [3.63, 3.8) is 0 Å². The van der Waals surface area contributed by atoms with Gasteiger partial charge in [-0.2, -0.15) is 0 Å². The summed E-state index contributed by atoms with van der Waals surface area (Å²) >= 11 is 0. The fraction of sp³-hybridized carbons (Fsp3) is 0.0909. The van der Waals surface area contributed by atoms with Crippen molar-refractivity contribution in [2.45, 2.75) is 6.61 Å². The summed E-state index contributed by atoms with van der Waals surface area (Å²) in [5.74, 6) is 2.24. The number of amides is 1. The Morgan fingerprint density at radius 3 is 2.47 bits per heavy atom. The van der Waals surface area contributed by atoms with E-state index in [-0.39, 0.29) is 6.61 Å². The molecular weight excluding hydrogens is 194 g/mol. The second-order valence-electron chi connectivity index (χ2n) is 2.68. The van der Waals surface area contributed by atoms with Gasteiger partial charge in [-0.1, -0.05) is 30.3 Å². The van der Waals surface area contributed by atoms with Crippen molar-refractivity contribution >= 4 is 11.9 Å². The molecule has 0 saturated heterocycles. The molecule has 1 aromatic carbocycles. The van der Waals surface area contributed by atoms with Crippen LogP contribution in [0.25, 0.3) is 0 Å². The van der Waals surface area contributed by atoms with Crippen molar-refractivity contribution in [3.05, 3.63) is 35.9 Å². The van der Waals surface area contributed by atoms with E-state index in [1.807, 2.05) is 42.2 Å². The van der Waals surface area contributed by atoms with Crippen LogP contribution in [0.15, 0.2) is 30.3 Å². The van der Waals surface area contributed by atoms with Gasteiger partial charge in [0.05, 0.1) is 0 Å². The third kappa shape index (κ3) is 4.48. The Balaban J connectivity index is 2.43. The molecule has 76 valence electrons. The minimum atomic E-state index is -0.855. The highest BCUT2D eigenvalue weighted by molar-refractivity contribution is 5.99. The molecule has 0 bridgehead atoms. The highest BCUT2D eigenvalue weighted by atomic mass is 16.5. The van der Waals surface area contributed by atoms with E-state index in [2.05, 4.69) is 0 Å². The Morgan fingerprint density at radius 1 is 1.20 bits per heavy atom. The zero-order valence-electron chi connectivity index (χ0n) is 7.90. The molecule has 0 aliphatic heterocycles. The lowest BCUT2D eigenvalue weighted by atomic mass is 10.2. The van der Waals surface area contributed by atoms with Gasteiger partial charge in [-0.15, -0.1) is 0 Å². The first-order valence-corrected chi connectivity index (χ1v) is 4.20. The third-order valence-corrected chi connectivity index (χ3v) is 1.50. The minimum absolute atomic E-state index is 0.132. The average molecular weight is 203 g/mol. The van der Waals surface area contributed by atoms with E-state index in [1.54, 1.807) is 0 Å². The minimum Gasteiger partial charge on any atom is -0.451 e. The van der Waals surface area contributed by atoms with E-state index >= 15 is 0 Å². The second kappa shape index (κ2) is 5.45. The van der Waals surface area contributed by atoms with E-state index in [0.717, 1.165) is 5.56 Å². The summed E-state index contributed by atoms with van der Waals surface area (Å²) < 4.78 is 4.76. The molecule has 0 radical (unpaired) electrons. The molecule has 0 saturated carbocycles. The Morgan fingerprint density at radius 2 is 1.87 bits per heavy atom. The van der Waals surface area contributed by atoms with Crippen LogP contribution in [0.4, 0.5) is 0 Å². The highest BCUT2D eigenvalue weighted by Gasteiger charge is 1.98. The number of ether oxygens (including phenoxy) is 1. The topological polar surface area (TPSA) is 69.4 Å². The molecule has 0 aliphatic carbocycles. The molecule has 15 heavy (non-hydrogen) atoms. The summed E-state index contributed by atoms with van der Waals surface area (Å²) in [6.45, 7) is 0.132. The summed E-state index contributed by atoms with van der Waals surface area (Å²) in [5, 5.41) is 0. The smallest absolute Gasteiger partial charge is 0.385 e. The molecule has 0 aliphatic rings. The summed E-state index contributed by atoms with van der Waals surface area (Å²) in [4.78, 5) is 21.1. The fourth-order valence-electron chi connectivity index (χ4n) is 0.872. The van der Waals surface area contributed by atoms with E-state index < -0.39 is 11.9 Å². The van der Waals surface area contributed by atoms with Gasteiger partial charge in [0.25, 0.3) is 5.91 Å². The summed E-state index contributed by atoms with van der Waals surface area (Å²) in [6.07, 6.45) is 0. The van der Waals surface area contributed by atoms with Crippen LogP contribution >= 0.6 is 0 Å². The zero-order valence-corrected chi connectivity index (χ0v) is 7.90. The van der Waals surface area contributed by atoms with Crippen LogP contribution in [0.2, 0.25) is 0 Å². The zero-order chi connectivity index (χ0) is 11.1. The molecule has 2 N–H and O–H groups in total. The predicted octanol–water partition coefficient (Wildman–Crippen LogP) is 0.218. The fourth-order valence-corrected chi connectivity index (χ4v) is 0.872. The average Bonchev–Trinajstić information content (AvgIpc) is 2.25. The van der Waals surface area contributed by atoms with E-state index in [0.29, 0.717) is 0 Å². The van der Waals surface area contributed by atoms with E-state index in [9.17, 15) is 9.59 Å². The maximum Gasteiger partial charge on any atom is 0.385 e. The first-order chi connectivity index (χ1) is 7.18. The first kappa shape index (κ1) is 10.8. The summed E-state index contributed by atoms with van der Waals surface area (Å²) in [6, 6.07) is 9.15. The normalized spacial score (nSPS) is 8.53. The first-order valence-electron chi connectivity index (χ1n) is 4.20. The summed E-state index contributed by atoms with van der Waals surface area (Å²) in [5.41, 5.74) is 5.58. The number of carbonyl (C=O) groups is 2. The molecule has 0 spiro atoms. The standard InChI is InChI=1S/C11H9NO3/c12-10(13)6-7-11(14)15-8-9-4-2-1-3-5-9/h1-5H,8H2,(H2,12,13). The molecule has 0 unspecified atom stereocenters. The molecule has 4 nitrogen and oxygen atoms in total. The Kier molecular flexibility index (Phi) is 3.92. The van der Waals surface area contributed by atoms with Gasteiger partial charge in [-0.05, 0) is 5.56 Å². The van der Waals surface area contributed by atoms with Crippen LogP contribution in [0, 0.1) is 11.8 Å². The van der Waals surface area contributed by atoms with Gasteiger partial charge in [-0.25, -0.2) is 4.79 Å². The van der Waals surface area contributed by atoms with Crippen molar-refractivity contribution in [1.29, 1.82) is 0 Å². The van der Waals surface area contributed by atoms with Gasteiger partial charge in [-0.3, -0.25) is 4.79 Å². The lowest BCUT2D eigenvalue weighted by molar-refractivity contribution is -0.138. The predicted molar refractivity (Wildman–Crippen MR) is 53.2 cm³/mol. The number of primary amides is 1. The second-order valence-corrected chi connectivity index (χ2v) is 2.68. The third-order valence-electron chi connectivity index (χ3n) is 1.50. The Bertz CT molecular complexity index is 414. The molecule has 1 aromatic rings. The van der Waals surface area contributed by atoms with Crippen molar-refractivity contribution in [2.24, 2.45) is 5.73 Å². The van der Waals surface area contributed by atoms with Crippen LogP contribution in [0.3, 0.4) is 0 Å². The number of esters is 1. The number of carbonyl (C=O) groups excluding carboxylic acids is 2. The SMILES string of the molecule is NC(=O)C#CC(=O)OCc1ccccc1. The van der Waals surface area contributed by atoms with Crippen molar-refractivity contribution in [3.8, 4) is 11.8 Å². The van der Waals surface area contributed by atoms with Crippen LogP contribution in [-0.4, -0.2) is 11.9 Å². The number of hydrogen-bond donors (Lipinski definition) is 1. The largest absolute Gasteiger partial charge is 0.451 e. The Hall–Kier alpha value is -2.28. The van der Waals surface area contributed by atoms with Gasteiger partial charge in [0.15, 0.2) is 0 Å². The lowest BCUT2D eigenvalue weighted by Gasteiger charge is -1.99. The monoisotopic (exact) mass is 203 g/mol. The summed E-state index contributed by atoms with van der Waals surface area (Å²) in [7, 11) is 0. The maximum atomic E-state index is 10.9. The van der Waals surface area contributed by atoms with E-state index in [1.165, 1.54) is 0 Å². The van der Waals surface area contributed by atoms with Gasteiger partial charge in [0, 0.05) is 11.8 Å². The molecule has 0 heterocycles. The molecule has 1 rings (SSSR count). The van der Waals surface area contributed by atoms with Gasteiger partial charge < -0.3 is 10.5 Å². The number of rotatable bonds is 2. The maximum absolute atomic E-state index is 10.9. The molecule has 0 atom stereocenters. The van der Waals surface area contributed by atoms with Crippen molar-refractivity contribution in [1.82, 2.24) is 0 Å². The lowest BCUT2D eigenvalue weighted by Crippen LogP contribution is -2.08. The number of benzene rings is 1. The molecular formula is C11H9NO3. The molecule has 4 heteroatoms. The Labute approximate surface area is 87.0 Å². The number of hydrogen-bond acceptors (Lipinski definition) is 3. The van der Waals surface area contributed by atoms with Crippen LogP contribution in [-0.2, 0) is 20.9 Å². The molecule has 1 amide bonds. The van der Waals surface area contributed by atoms with Crippen molar-refractivity contribution < 1.29 is 14.3 Å². The quantitative estimate of drug-likeness (QED) is 0.424. The number of nitrogens with two attached hydrogens (primary N) is 1. The van der Waals surface area contributed by atoms with E-state index in [4.69, 9.17) is 10.5 Å². The highest BCUT2D eigenvalue weighted by Crippen LogP contribution is 1.99. The molecule has 0 aromatic heterocycles.